The molecular weight excluding hydrogens is 208 g/mol. The van der Waals surface area contributed by atoms with Crippen molar-refractivity contribution < 1.29 is 9.32 Å². The van der Waals surface area contributed by atoms with E-state index in [-0.39, 0.29) is 18.0 Å². The Hall–Kier alpha value is -1.43. The zero-order chi connectivity index (χ0) is 12.2. The van der Waals surface area contributed by atoms with E-state index in [0.717, 1.165) is 0 Å². The molecule has 0 aliphatic heterocycles. The van der Waals surface area contributed by atoms with Crippen LogP contribution in [0.2, 0.25) is 0 Å². The first-order valence-corrected chi connectivity index (χ1v) is 5.18. The van der Waals surface area contributed by atoms with Gasteiger partial charge in [0, 0.05) is 12.5 Å². The monoisotopic (exact) mass is 226 g/mol. The van der Waals surface area contributed by atoms with Crippen LogP contribution in [0.5, 0.6) is 0 Å². The quantitative estimate of drug-likeness (QED) is 0.776. The number of aromatic nitrogens is 2. The normalized spacial score (nSPS) is 11.5. The Morgan fingerprint density at radius 1 is 1.44 bits per heavy atom. The summed E-state index contributed by atoms with van der Waals surface area (Å²) in [4.78, 5) is 15.4. The van der Waals surface area contributed by atoms with Gasteiger partial charge in [0.05, 0.1) is 13.1 Å². The van der Waals surface area contributed by atoms with E-state index in [4.69, 9.17) is 4.52 Å². The van der Waals surface area contributed by atoms with Crippen molar-refractivity contribution in [2.24, 2.45) is 0 Å². The molecule has 0 aliphatic rings. The Balaban J connectivity index is 2.23. The molecule has 0 fully saturated rings. The molecule has 6 heteroatoms. The van der Waals surface area contributed by atoms with Crippen molar-refractivity contribution >= 4 is 5.91 Å². The van der Waals surface area contributed by atoms with Crippen molar-refractivity contribution in [2.45, 2.75) is 39.8 Å². The molecule has 0 saturated heterocycles. The number of aryl methyl sites for hydroxylation is 1. The van der Waals surface area contributed by atoms with Crippen molar-refractivity contribution in [1.82, 2.24) is 20.8 Å². The Labute approximate surface area is 94.8 Å². The van der Waals surface area contributed by atoms with E-state index < -0.39 is 0 Å². The van der Waals surface area contributed by atoms with Gasteiger partial charge in [-0.15, -0.1) is 0 Å². The molecule has 2 N–H and O–H groups in total. The predicted octanol–water partition coefficient (Wildman–Crippen LogP) is 0.382. The maximum Gasteiger partial charge on any atom is 0.234 e. The molecule has 0 radical (unpaired) electrons. The summed E-state index contributed by atoms with van der Waals surface area (Å²) in [7, 11) is 0. The summed E-state index contributed by atoms with van der Waals surface area (Å²) in [6.07, 6.45) is 0. The van der Waals surface area contributed by atoms with Gasteiger partial charge in [0.2, 0.25) is 11.8 Å². The minimum atomic E-state index is -0.207. The van der Waals surface area contributed by atoms with Crippen LogP contribution in [0.4, 0.5) is 0 Å². The van der Waals surface area contributed by atoms with E-state index in [9.17, 15) is 4.79 Å². The van der Waals surface area contributed by atoms with E-state index in [2.05, 4.69) is 20.8 Å². The third-order valence-corrected chi connectivity index (χ3v) is 1.65. The summed E-state index contributed by atoms with van der Waals surface area (Å²) in [5, 5.41) is 9.49. The number of carbonyl (C=O) groups excluding carboxylic acids is 1. The van der Waals surface area contributed by atoms with Crippen LogP contribution in [0.1, 0.15) is 32.5 Å². The summed E-state index contributed by atoms with van der Waals surface area (Å²) in [5.41, 5.74) is -0.207. The molecule has 1 amide bonds. The van der Waals surface area contributed by atoms with Crippen molar-refractivity contribution in [3.05, 3.63) is 11.7 Å². The highest BCUT2D eigenvalue weighted by Crippen LogP contribution is 1.97. The first-order chi connectivity index (χ1) is 7.37. The molecule has 6 nitrogen and oxygen atoms in total. The summed E-state index contributed by atoms with van der Waals surface area (Å²) < 4.78 is 4.80. The average molecular weight is 226 g/mol. The van der Waals surface area contributed by atoms with E-state index in [0.29, 0.717) is 18.3 Å². The number of amides is 1. The zero-order valence-electron chi connectivity index (χ0n) is 10.1. The van der Waals surface area contributed by atoms with Crippen molar-refractivity contribution in [3.8, 4) is 0 Å². The Bertz CT molecular complexity index is 354. The lowest BCUT2D eigenvalue weighted by Crippen LogP contribution is -2.44. The summed E-state index contributed by atoms with van der Waals surface area (Å²) in [6.45, 7) is 8.21. The van der Waals surface area contributed by atoms with Gasteiger partial charge in [-0.25, -0.2) is 0 Å². The molecule has 1 heterocycles. The molecular formula is C10H18N4O2. The predicted molar refractivity (Wildman–Crippen MR) is 58.6 cm³/mol. The molecule has 0 spiro atoms. The van der Waals surface area contributed by atoms with Gasteiger partial charge in [0.15, 0.2) is 5.82 Å². The first kappa shape index (κ1) is 12.6. The largest absolute Gasteiger partial charge is 0.350 e. The second-order valence-electron chi connectivity index (χ2n) is 4.63. The third kappa shape index (κ3) is 4.88. The Kier molecular flexibility index (Phi) is 4.00. The molecule has 0 saturated carbocycles. The van der Waals surface area contributed by atoms with E-state index >= 15 is 0 Å². The molecule has 0 aliphatic carbocycles. The highest BCUT2D eigenvalue weighted by molar-refractivity contribution is 5.78. The van der Waals surface area contributed by atoms with Crippen LogP contribution in [0, 0.1) is 6.92 Å². The maximum atomic E-state index is 11.4. The van der Waals surface area contributed by atoms with Crippen LogP contribution in [0.25, 0.3) is 0 Å². The number of carbonyl (C=O) groups is 1. The fraction of sp³-hybridized carbons (Fsp3) is 0.700. The van der Waals surface area contributed by atoms with Crippen molar-refractivity contribution in [3.63, 3.8) is 0 Å². The molecule has 1 aromatic heterocycles. The lowest BCUT2D eigenvalue weighted by atomic mass is 10.1. The number of rotatable bonds is 4. The van der Waals surface area contributed by atoms with Crippen molar-refractivity contribution in [1.29, 1.82) is 0 Å². The average Bonchev–Trinajstić information content (AvgIpc) is 2.48. The minimum Gasteiger partial charge on any atom is -0.350 e. The van der Waals surface area contributed by atoms with Gasteiger partial charge >= 0.3 is 0 Å². The van der Waals surface area contributed by atoms with Gasteiger partial charge in [-0.1, -0.05) is 5.16 Å². The molecule has 0 atom stereocenters. The fourth-order valence-corrected chi connectivity index (χ4v) is 1.16. The van der Waals surface area contributed by atoms with Crippen LogP contribution in [0.3, 0.4) is 0 Å². The summed E-state index contributed by atoms with van der Waals surface area (Å²) in [6, 6.07) is 0. The van der Waals surface area contributed by atoms with Crippen molar-refractivity contribution in [2.75, 3.05) is 6.54 Å². The van der Waals surface area contributed by atoms with Gasteiger partial charge in [-0.2, -0.15) is 4.98 Å². The van der Waals surface area contributed by atoms with Gasteiger partial charge in [-0.3, -0.25) is 4.79 Å². The highest BCUT2D eigenvalue weighted by Gasteiger charge is 2.13. The standard InChI is InChI=1S/C10H18N4O2/c1-7-12-8(14-16-7)5-11-6-9(15)13-10(2,3)4/h11H,5-6H2,1-4H3,(H,13,15). The fourth-order valence-electron chi connectivity index (χ4n) is 1.16. The van der Waals surface area contributed by atoms with Crippen LogP contribution in [0.15, 0.2) is 4.52 Å². The van der Waals surface area contributed by atoms with E-state index in [1.807, 2.05) is 20.8 Å². The van der Waals surface area contributed by atoms with Crippen LogP contribution < -0.4 is 10.6 Å². The number of hydrogen-bond acceptors (Lipinski definition) is 5. The SMILES string of the molecule is Cc1nc(CNCC(=O)NC(C)(C)C)no1. The van der Waals surface area contributed by atoms with Gasteiger partial charge in [-0.05, 0) is 20.8 Å². The lowest BCUT2D eigenvalue weighted by Gasteiger charge is -2.20. The topological polar surface area (TPSA) is 80.0 Å². The molecule has 1 aromatic rings. The number of nitrogens with zero attached hydrogens (tertiary/aromatic N) is 2. The van der Waals surface area contributed by atoms with Crippen LogP contribution in [-0.2, 0) is 11.3 Å². The van der Waals surface area contributed by atoms with Gasteiger partial charge in [0.25, 0.3) is 0 Å². The lowest BCUT2D eigenvalue weighted by molar-refractivity contribution is -0.121. The first-order valence-electron chi connectivity index (χ1n) is 5.18. The molecule has 90 valence electrons. The second kappa shape index (κ2) is 5.07. The number of hydrogen-bond donors (Lipinski definition) is 2. The van der Waals surface area contributed by atoms with Crippen LogP contribution in [-0.4, -0.2) is 28.1 Å². The van der Waals surface area contributed by atoms with Crippen LogP contribution >= 0.6 is 0 Å². The summed E-state index contributed by atoms with van der Waals surface area (Å²) in [5.74, 6) is 1.03. The number of nitrogens with one attached hydrogen (secondary N) is 2. The maximum absolute atomic E-state index is 11.4. The molecule has 0 bridgehead atoms. The van der Waals surface area contributed by atoms with E-state index in [1.165, 1.54) is 0 Å². The van der Waals surface area contributed by atoms with E-state index in [1.54, 1.807) is 6.92 Å². The second-order valence-corrected chi connectivity index (χ2v) is 4.63. The molecule has 1 rings (SSSR count). The summed E-state index contributed by atoms with van der Waals surface area (Å²) >= 11 is 0. The molecule has 0 aromatic carbocycles. The minimum absolute atomic E-state index is 0.0484. The van der Waals surface area contributed by atoms with Gasteiger partial charge in [0.1, 0.15) is 0 Å². The smallest absolute Gasteiger partial charge is 0.234 e. The highest BCUT2D eigenvalue weighted by atomic mass is 16.5. The van der Waals surface area contributed by atoms with Gasteiger partial charge < -0.3 is 15.2 Å². The zero-order valence-corrected chi connectivity index (χ0v) is 10.1. The third-order valence-electron chi connectivity index (χ3n) is 1.65. The molecule has 0 unspecified atom stereocenters. The molecule has 16 heavy (non-hydrogen) atoms. The Morgan fingerprint density at radius 2 is 2.12 bits per heavy atom. The Morgan fingerprint density at radius 3 is 2.62 bits per heavy atom.